The molecule has 3 aromatic carbocycles. The van der Waals surface area contributed by atoms with Gasteiger partial charge in [0.25, 0.3) is 0 Å². The second kappa shape index (κ2) is 26.6. The third-order valence-electron chi connectivity index (χ3n) is 9.63. The largest absolute Gasteiger partial charge is 0.573 e. The highest BCUT2D eigenvalue weighted by Gasteiger charge is 2.41. The number of benzene rings is 3. The number of carbonyl (C=O) groups excluding carboxylic acids is 5. The van der Waals surface area contributed by atoms with E-state index < -0.39 is 126 Å². The lowest BCUT2D eigenvalue weighted by atomic mass is 10.00. The van der Waals surface area contributed by atoms with Gasteiger partial charge in [0, 0.05) is 39.8 Å². The highest BCUT2D eigenvalue weighted by Crippen LogP contribution is 2.28. The Morgan fingerprint density at radius 3 is 1.16 bits per heavy atom. The van der Waals surface area contributed by atoms with Crippen LogP contribution >= 0.6 is 0 Å². The van der Waals surface area contributed by atoms with Crippen molar-refractivity contribution in [3.8, 4) is 11.5 Å². The maximum Gasteiger partial charge on any atom is 0.573 e. The molecule has 1 N–H and O–H groups in total. The fraction of sp³-hybridized carbons (Fsp3) is 0.529. The van der Waals surface area contributed by atoms with E-state index in [0.717, 1.165) is 34.1 Å². The lowest BCUT2D eigenvalue weighted by molar-refractivity contribution is -0.275. The molecule has 0 fully saturated rings. The topological polar surface area (TPSA) is 194 Å². The number of esters is 3. The molecule has 418 valence electrons. The fourth-order valence-corrected chi connectivity index (χ4v) is 6.29. The van der Waals surface area contributed by atoms with E-state index in [2.05, 4.69) is 9.47 Å². The van der Waals surface area contributed by atoms with Crippen molar-refractivity contribution in [3.05, 3.63) is 95.6 Å². The van der Waals surface area contributed by atoms with E-state index in [-0.39, 0.29) is 18.6 Å². The van der Waals surface area contributed by atoms with Gasteiger partial charge in [0.15, 0.2) is 0 Å². The number of aliphatic carboxylic acids is 1. The summed E-state index contributed by atoms with van der Waals surface area (Å²) in [4.78, 5) is 77.7. The summed E-state index contributed by atoms with van der Waals surface area (Å²) >= 11 is 0. The van der Waals surface area contributed by atoms with Crippen molar-refractivity contribution < 1.29 is 102 Å². The molecule has 0 heterocycles. The minimum atomic E-state index is -4.89. The van der Waals surface area contributed by atoms with E-state index in [0.29, 0.717) is 11.1 Å². The van der Waals surface area contributed by atoms with Crippen LogP contribution in [0.2, 0.25) is 0 Å². The van der Waals surface area contributed by atoms with Gasteiger partial charge in [-0.05, 0) is 110 Å². The molecule has 24 heteroatoms. The Morgan fingerprint density at radius 2 is 0.840 bits per heavy atom. The number of carboxylic acids is 1. The quantitative estimate of drug-likeness (QED) is 0.0638. The molecule has 75 heavy (non-hydrogen) atoms. The van der Waals surface area contributed by atoms with Gasteiger partial charge in [0.05, 0.1) is 0 Å². The van der Waals surface area contributed by atoms with Crippen LogP contribution in [0.5, 0.6) is 11.5 Å². The molecule has 3 aromatic rings. The van der Waals surface area contributed by atoms with Gasteiger partial charge in [-0.3, -0.25) is 9.80 Å². The predicted molar refractivity (Wildman–Crippen MR) is 252 cm³/mol. The average Bonchev–Trinajstić information content (AvgIpc) is 3.24. The SMILES string of the molecule is CN(C(=O)OC(C)(C)C)[C@@H](CC(C)(C)F)C(=O)O[C@H](Cc1ccc(OC(F)(F)F)cc1)C(=O)O.CN(C(=O)OC(C)(C)C)[C@@H](CC(C)(C)F)C(=O)O[C@H](Cc1ccc(OC(F)(F)F)cc1)C(=O)OCc1ccccc1. The Bertz CT molecular complexity index is 2340. The number of likely N-dealkylation sites (N-methyl/N-ethyl adjacent to an activating group) is 2. The number of carbonyl (C=O) groups is 6. The van der Waals surface area contributed by atoms with Gasteiger partial charge >= 0.3 is 48.8 Å². The summed E-state index contributed by atoms with van der Waals surface area (Å²) in [5, 5.41) is 9.48. The molecule has 0 aliphatic heterocycles. The molecule has 4 atom stereocenters. The summed E-state index contributed by atoms with van der Waals surface area (Å²) in [6.45, 7) is 14.3. The Balaban J connectivity index is 0.000000523. The van der Waals surface area contributed by atoms with Crippen LogP contribution in [-0.4, -0.2) is 125 Å². The van der Waals surface area contributed by atoms with Crippen molar-refractivity contribution in [3.63, 3.8) is 0 Å². The van der Waals surface area contributed by atoms with Crippen LogP contribution in [0.1, 0.15) is 98.8 Å². The first-order valence-corrected chi connectivity index (χ1v) is 22.9. The van der Waals surface area contributed by atoms with Gasteiger partial charge in [0.1, 0.15) is 52.7 Å². The van der Waals surface area contributed by atoms with Crippen molar-refractivity contribution in [2.75, 3.05) is 14.1 Å². The summed E-state index contributed by atoms with van der Waals surface area (Å²) in [7, 11) is 2.44. The van der Waals surface area contributed by atoms with Gasteiger partial charge in [-0.15, -0.1) is 26.3 Å². The standard InChI is InChI=1S/C29H35F4NO7.C22H29F4NO7/c1-27(2,3)41-26(37)34(6)22(17-28(4,5)30)24(35)39-23(25(36)38-18-20-10-8-7-9-11-20)16-19-12-14-21(15-13-19)40-29(31,32)33;1-20(2,3)34-19(31)27(6)15(12-21(4,5)23)18(30)32-16(17(28)29)11-13-7-9-14(10-8-13)33-22(24,25)26/h7-15,22-23H,16-18H2,1-6H3;7-10,15-16H,11-12H2,1-6H3,(H,28,29)/t22-,23+;15-,16+/m00/s1. The molecule has 0 unspecified atom stereocenters. The van der Waals surface area contributed by atoms with Crippen LogP contribution in [0.25, 0.3) is 0 Å². The van der Waals surface area contributed by atoms with Gasteiger partial charge in [-0.1, -0.05) is 54.6 Å². The fourth-order valence-electron chi connectivity index (χ4n) is 6.29. The zero-order chi connectivity index (χ0) is 57.5. The van der Waals surface area contributed by atoms with E-state index in [4.69, 9.17) is 23.7 Å². The van der Waals surface area contributed by atoms with Crippen molar-refractivity contribution >= 4 is 36.1 Å². The van der Waals surface area contributed by atoms with Crippen LogP contribution in [0.3, 0.4) is 0 Å². The number of nitrogens with zero attached hydrogens (tertiary/aromatic N) is 2. The zero-order valence-electron chi connectivity index (χ0n) is 43.5. The molecule has 2 amide bonds. The first-order chi connectivity index (χ1) is 34.1. The molecular weight excluding hydrogens is 1020 g/mol. The van der Waals surface area contributed by atoms with Gasteiger partial charge in [-0.25, -0.2) is 37.5 Å². The predicted octanol–water partition coefficient (Wildman–Crippen LogP) is 10.7. The lowest BCUT2D eigenvalue weighted by Crippen LogP contribution is -2.49. The molecule has 0 aliphatic rings. The molecule has 0 radical (unpaired) electrons. The number of rotatable bonds is 20. The average molecular weight is 1080 g/mol. The summed E-state index contributed by atoms with van der Waals surface area (Å²) in [5.74, 6) is -5.75. The van der Waals surface area contributed by atoms with E-state index >= 15 is 0 Å². The zero-order valence-corrected chi connectivity index (χ0v) is 43.5. The van der Waals surface area contributed by atoms with E-state index in [1.165, 1.54) is 66.1 Å². The number of alkyl halides is 8. The normalized spacial score (nSPS) is 13.8. The van der Waals surface area contributed by atoms with E-state index in [1.807, 2.05) is 0 Å². The molecule has 0 spiro atoms. The van der Waals surface area contributed by atoms with Crippen LogP contribution in [0.15, 0.2) is 78.9 Å². The third kappa shape index (κ3) is 26.3. The third-order valence-corrected chi connectivity index (χ3v) is 9.63. The molecule has 0 bridgehead atoms. The van der Waals surface area contributed by atoms with Gasteiger partial charge < -0.3 is 38.3 Å². The Morgan fingerprint density at radius 1 is 0.493 bits per heavy atom. The number of amides is 2. The summed E-state index contributed by atoms with van der Waals surface area (Å²) in [5.41, 5.74) is -4.45. The van der Waals surface area contributed by atoms with Crippen molar-refractivity contribution in [2.45, 2.75) is 161 Å². The summed E-state index contributed by atoms with van der Waals surface area (Å²) < 4.78 is 137. The maximum absolute atomic E-state index is 14.7. The summed E-state index contributed by atoms with van der Waals surface area (Å²) in [6.07, 6.45) is -16.6. The molecule has 0 aromatic heterocycles. The first-order valence-electron chi connectivity index (χ1n) is 22.9. The second-order valence-electron chi connectivity index (χ2n) is 20.1. The van der Waals surface area contributed by atoms with Crippen LogP contribution in [-0.2, 0) is 62.3 Å². The van der Waals surface area contributed by atoms with Crippen molar-refractivity contribution in [1.29, 1.82) is 0 Å². The number of halogens is 8. The minimum absolute atomic E-state index is 0.148. The maximum atomic E-state index is 14.7. The Hall–Kier alpha value is -6.88. The monoisotopic (exact) mass is 1080 g/mol. The molecule has 0 saturated carbocycles. The number of hydrogen-bond acceptors (Lipinski definition) is 13. The number of carboxylic acid groups (broad SMARTS) is 1. The van der Waals surface area contributed by atoms with Crippen LogP contribution in [0.4, 0.5) is 44.7 Å². The smallest absolute Gasteiger partial charge is 0.478 e. The van der Waals surface area contributed by atoms with E-state index in [1.54, 1.807) is 71.9 Å². The van der Waals surface area contributed by atoms with Crippen LogP contribution < -0.4 is 9.47 Å². The first kappa shape index (κ1) is 64.2. The molecule has 16 nitrogen and oxygen atoms in total. The highest BCUT2D eigenvalue weighted by atomic mass is 19.4. The molecular formula is C51H64F8N2O14. The molecule has 0 aliphatic carbocycles. The van der Waals surface area contributed by atoms with E-state index in [9.17, 15) is 69.0 Å². The highest BCUT2D eigenvalue weighted by molar-refractivity contribution is 5.85. The minimum Gasteiger partial charge on any atom is -0.478 e. The Kier molecular flexibility index (Phi) is 22.7. The van der Waals surface area contributed by atoms with Crippen LogP contribution in [0, 0.1) is 0 Å². The van der Waals surface area contributed by atoms with Crippen molar-refractivity contribution in [2.24, 2.45) is 0 Å². The second-order valence-corrected chi connectivity index (χ2v) is 20.1. The van der Waals surface area contributed by atoms with Gasteiger partial charge in [-0.2, -0.15) is 0 Å². The molecule has 0 saturated heterocycles. The van der Waals surface area contributed by atoms with Crippen molar-refractivity contribution in [1.82, 2.24) is 9.80 Å². The lowest BCUT2D eigenvalue weighted by Gasteiger charge is -2.32. The van der Waals surface area contributed by atoms with Gasteiger partial charge in [0.2, 0.25) is 12.2 Å². The Labute approximate surface area is 429 Å². The summed E-state index contributed by atoms with van der Waals surface area (Å²) in [6, 6.07) is 14.6. The number of hydrogen-bond donors (Lipinski definition) is 1. The molecule has 3 rings (SSSR count). The number of ether oxygens (including phenoxy) is 7.